The number of benzene rings is 2. The molecule has 0 saturated carbocycles. The van der Waals surface area contributed by atoms with Gasteiger partial charge in [-0.2, -0.15) is 0 Å². The topological polar surface area (TPSA) is 0 Å². The average molecular weight is 278 g/mol. The summed E-state index contributed by atoms with van der Waals surface area (Å²) in [6.07, 6.45) is 3.56. The molecule has 2 aromatic rings. The first-order valence-electron chi connectivity index (χ1n) is 6.66. The SMILES string of the molecule is C=C.C=CC(=C)C.C=Cc1ccccc1.c1ccccc1. The van der Waals surface area contributed by atoms with Crippen LogP contribution in [0.1, 0.15) is 12.5 Å². The lowest BCUT2D eigenvalue weighted by Gasteiger charge is -1.85. The minimum absolute atomic E-state index is 1.02. The fourth-order valence-corrected chi connectivity index (χ4v) is 0.974. The van der Waals surface area contributed by atoms with Crippen molar-refractivity contribution in [1.29, 1.82) is 0 Å². The zero-order valence-corrected chi connectivity index (χ0v) is 13.0. The summed E-state index contributed by atoms with van der Waals surface area (Å²) in [6.45, 7) is 18.6. The van der Waals surface area contributed by atoms with Crippen LogP contribution in [0.5, 0.6) is 0 Å². The zero-order chi connectivity index (χ0) is 16.3. The first kappa shape index (κ1) is 20.7. The standard InChI is InChI=1S/C8H8.C6H6.C5H8.C2H4/c1-2-8-6-4-3-5-7-8;1-2-4-6-5-3-1;1-4-5(2)3;1-2/h2-7H,1H2;1-6H;4H,1-2H2,3H3;1-2H2. The van der Waals surface area contributed by atoms with Gasteiger partial charge in [0.25, 0.3) is 0 Å². The van der Waals surface area contributed by atoms with E-state index in [1.54, 1.807) is 6.08 Å². The Labute approximate surface area is 130 Å². The van der Waals surface area contributed by atoms with Crippen molar-refractivity contribution in [2.75, 3.05) is 0 Å². The molecule has 0 aliphatic heterocycles. The molecule has 0 amide bonds. The van der Waals surface area contributed by atoms with Crippen molar-refractivity contribution >= 4 is 6.08 Å². The van der Waals surface area contributed by atoms with Gasteiger partial charge in [-0.15, -0.1) is 13.2 Å². The molecular formula is C21H26. The van der Waals surface area contributed by atoms with Crippen molar-refractivity contribution in [3.8, 4) is 0 Å². The Hall–Kier alpha value is -2.60. The molecule has 0 aliphatic rings. The predicted molar refractivity (Wildman–Crippen MR) is 99.2 cm³/mol. The van der Waals surface area contributed by atoms with Gasteiger partial charge in [-0.25, -0.2) is 0 Å². The van der Waals surface area contributed by atoms with E-state index in [0.29, 0.717) is 0 Å². The van der Waals surface area contributed by atoms with Crippen molar-refractivity contribution in [3.05, 3.63) is 117 Å². The van der Waals surface area contributed by atoms with Gasteiger partial charge in [0.2, 0.25) is 0 Å². The largest absolute Gasteiger partial charge is 0.106 e. The van der Waals surface area contributed by atoms with Gasteiger partial charge in [0.05, 0.1) is 0 Å². The van der Waals surface area contributed by atoms with E-state index in [-0.39, 0.29) is 0 Å². The zero-order valence-electron chi connectivity index (χ0n) is 13.0. The molecule has 0 aromatic heterocycles. The van der Waals surface area contributed by atoms with E-state index in [1.165, 1.54) is 5.56 Å². The number of allylic oxidation sites excluding steroid dienone is 2. The van der Waals surface area contributed by atoms with Gasteiger partial charge in [-0.1, -0.05) is 104 Å². The summed E-state index contributed by atoms with van der Waals surface area (Å²) in [4.78, 5) is 0. The highest BCUT2D eigenvalue weighted by Gasteiger charge is 1.75. The summed E-state index contributed by atoms with van der Waals surface area (Å²) in [5.41, 5.74) is 2.19. The first-order valence-corrected chi connectivity index (χ1v) is 6.66. The van der Waals surface area contributed by atoms with Crippen LogP contribution in [0.2, 0.25) is 0 Å². The Morgan fingerprint density at radius 1 is 0.762 bits per heavy atom. The molecule has 0 fully saturated rings. The van der Waals surface area contributed by atoms with Crippen LogP contribution in [-0.2, 0) is 0 Å². The van der Waals surface area contributed by atoms with Crippen molar-refractivity contribution in [3.63, 3.8) is 0 Å². The molecule has 0 spiro atoms. The van der Waals surface area contributed by atoms with Crippen LogP contribution < -0.4 is 0 Å². The van der Waals surface area contributed by atoms with E-state index < -0.39 is 0 Å². The van der Waals surface area contributed by atoms with E-state index in [4.69, 9.17) is 0 Å². The van der Waals surface area contributed by atoms with Gasteiger partial charge in [-0.05, 0) is 12.5 Å². The lowest BCUT2D eigenvalue weighted by atomic mass is 10.2. The average Bonchev–Trinajstić information content (AvgIpc) is 2.60. The van der Waals surface area contributed by atoms with Gasteiger partial charge >= 0.3 is 0 Å². The molecule has 0 atom stereocenters. The lowest BCUT2D eigenvalue weighted by molar-refractivity contribution is 1.58. The smallest absolute Gasteiger partial charge is 0.0263 e. The van der Waals surface area contributed by atoms with Gasteiger partial charge in [0.1, 0.15) is 0 Å². The van der Waals surface area contributed by atoms with Crippen LogP contribution in [0.15, 0.2) is 111 Å². The molecule has 0 unspecified atom stereocenters. The molecule has 0 bridgehead atoms. The van der Waals surface area contributed by atoms with E-state index >= 15 is 0 Å². The molecule has 2 aromatic carbocycles. The highest BCUT2D eigenvalue weighted by atomic mass is 13.8. The van der Waals surface area contributed by atoms with Crippen LogP contribution in [-0.4, -0.2) is 0 Å². The minimum Gasteiger partial charge on any atom is -0.106 e. The fourth-order valence-electron chi connectivity index (χ4n) is 0.974. The van der Waals surface area contributed by atoms with Gasteiger partial charge < -0.3 is 0 Å². The molecule has 21 heavy (non-hydrogen) atoms. The molecule has 0 radical (unpaired) electrons. The van der Waals surface area contributed by atoms with Crippen molar-refractivity contribution in [1.82, 2.24) is 0 Å². The van der Waals surface area contributed by atoms with E-state index in [2.05, 4.69) is 32.9 Å². The summed E-state index contributed by atoms with van der Waals surface area (Å²) in [6, 6.07) is 22.0. The second kappa shape index (κ2) is 17.4. The molecule has 110 valence electrons. The van der Waals surface area contributed by atoms with E-state index in [9.17, 15) is 0 Å². The first-order chi connectivity index (χ1) is 10.2. The third-order valence-electron chi connectivity index (χ3n) is 2.05. The highest BCUT2D eigenvalue weighted by Crippen LogP contribution is 1.97. The molecule has 0 nitrogen and oxygen atoms in total. The van der Waals surface area contributed by atoms with Crippen molar-refractivity contribution < 1.29 is 0 Å². The Morgan fingerprint density at radius 2 is 1.05 bits per heavy atom. The van der Waals surface area contributed by atoms with E-state index in [0.717, 1.165) is 5.57 Å². The molecule has 0 heterocycles. The predicted octanol–water partition coefficient (Wildman–Crippen LogP) is 6.57. The number of hydrogen-bond donors (Lipinski definition) is 0. The monoisotopic (exact) mass is 278 g/mol. The maximum Gasteiger partial charge on any atom is -0.0263 e. The molecule has 0 aliphatic carbocycles. The van der Waals surface area contributed by atoms with E-state index in [1.807, 2.05) is 79.7 Å². The fraction of sp³-hybridized carbons (Fsp3) is 0.0476. The molecule has 2 rings (SSSR count). The number of hydrogen-bond acceptors (Lipinski definition) is 0. The van der Waals surface area contributed by atoms with Crippen LogP contribution in [0.4, 0.5) is 0 Å². The van der Waals surface area contributed by atoms with Gasteiger partial charge in [0, 0.05) is 0 Å². The highest BCUT2D eigenvalue weighted by molar-refractivity contribution is 5.45. The summed E-state index contributed by atoms with van der Waals surface area (Å²) in [5.74, 6) is 0. The molecule has 0 heteroatoms. The number of rotatable bonds is 2. The van der Waals surface area contributed by atoms with Gasteiger partial charge in [0.15, 0.2) is 0 Å². The lowest BCUT2D eigenvalue weighted by Crippen LogP contribution is -1.63. The Bertz CT molecular complexity index is 439. The molecule has 0 N–H and O–H groups in total. The quantitative estimate of drug-likeness (QED) is 0.430. The maximum absolute atomic E-state index is 3.63. The van der Waals surface area contributed by atoms with Gasteiger partial charge in [-0.3, -0.25) is 0 Å². The Kier molecular flexibility index (Phi) is 17.2. The summed E-state index contributed by atoms with van der Waals surface area (Å²) < 4.78 is 0. The maximum atomic E-state index is 3.63. The summed E-state index contributed by atoms with van der Waals surface area (Å²) >= 11 is 0. The van der Waals surface area contributed by atoms with Crippen molar-refractivity contribution in [2.45, 2.75) is 6.92 Å². The normalized spacial score (nSPS) is 7.29. The Morgan fingerprint density at radius 3 is 1.24 bits per heavy atom. The second-order valence-corrected chi connectivity index (χ2v) is 3.82. The van der Waals surface area contributed by atoms with Crippen molar-refractivity contribution in [2.24, 2.45) is 0 Å². The third-order valence-corrected chi connectivity index (χ3v) is 2.05. The minimum atomic E-state index is 1.02. The molecular weight excluding hydrogens is 252 g/mol. The summed E-state index contributed by atoms with van der Waals surface area (Å²) in [5, 5.41) is 0. The molecule has 0 saturated heterocycles. The van der Waals surface area contributed by atoms with Crippen LogP contribution in [0.3, 0.4) is 0 Å². The Balaban J connectivity index is 0. The second-order valence-electron chi connectivity index (χ2n) is 3.82. The third kappa shape index (κ3) is 17.4. The summed E-state index contributed by atoms with van der Waals surface area (Å²) in [7, 11) is 0. The van der Waals surface area contributed by atoms with Crippen LogP contribution >= 0.6 is 0 Å². The van der Waals surface area contributed by atoms with Crippen LogP contribution in [0, 0.1) is 0 Å². The van der Waals surface area contributed by atoms with Crippen LogP contribution in [0.25, 0.3) is 6.08 Å².